The number of amidine groups is 1. The van der Waals surface area contributed by atoms with Crippen LogP contribution in [0.15, 0.2) is 29.3 Å². The number of hydrogen-bond acceptors (Lipinski definition) is 4. The molecule has 0 bridgehead atoms. The number of fused-ring (bicyclic) bond motifs is 1. The van der Waals surface area contributed by atoms with Gasteiger partial charge in [-0.25, -0.2) is 19.4 Å². The first-order valence-electron chi connectivity index (χ1n) is 8.65. The molecule has 1 aromatic carbocycles. The molecular formula is C19H19FN6S. The summed E-state index contributed by atoms with van der Waals surface area (Å²) in [5.74, 6) is 0.936. The van der Waals surface area contributed by atoms with Crippen molar-refractivity contribution in [3.63, 3.8) is 0 Å². The normalized spacial score (nSPS) is 14.3. The molecule has 138 valence electrons. The van der Waals surface area contributed by atoms with Crippen molar-refractivity contribution in [2.24, 2.45) is 4.99 Å². The van der Waals surface area contributed by atoms with Crippen LogP contribution in [0, 0.1) is 25.1 Å². The van der Waals surface area contributed by atoms with E-state index in [0.29, 0.717) is 35.2 Å². The second-order valence-electron chi connectivity index (χ2n) is 6.38. The van der Waals surface area contributed by atoms with E-state index in [1.165, 1.54) is 10.9 Å². The summed E-state index contributed by atoms with van der Waals surface area (Å²) in [5.41, 5.74) is 2.70. The summed E-state index contributed by atoms with van der Waals surface area (Å²) in [4.78, 5) is 19.9. The number of imidazole rings is 1. The van der Waals surface area contributed by atoms with E-state index in [0.717, 1.165) is 30.0 Å². The maximum absolute atomic E-state index is 14.4. The Labute approximate surface area is 160 Å². The van der Waals surface area contributed by atoms with E-state index in [-0.39, 0.29) is 5.82 Å². The van der Waals surface area contributed by atoms with Gasteiger partial charge >= 0.3 is 0 Å². The van der Waals surface area contributed by atoms with Crippen LogP contribution in [0.5, 0.6) is 0 Å². The van der Waals surface area contributed by atoms with E-state index in [4.69, 9.17) is 5.41 Å². The summed E-state index contributed by atoms with van der Waals surface area (Å²) >= 11 is 1.68. The molecule has 0 amide bonds. The van der Waals surface area contributed by atoms with Crippen LogP contribution in [0.4, 0.5) is 4.39 Å². The molecule has 0 fully saturated rings. The van der Waals surface area contributed by atoms with Gasteiger partial charge < -0.3 is 9.88 Å². The van der Waals surface area contributed by atoms with Crippen molar-refractivity contribution in [1.29, 1.82) is 5.41 Å². The highest BCUT2D eigenvalue weighted by Crippen LogP contribution is 2.29. The molecule has 3 heterocycles. The van der Waals surface area contributed by atoms with E-state index in [1.54, 1.807) is 29.5 Å². The molecule has 0 atom stereocenters. The second-order valence-corrected chi connectivity index (χ2v) is 7.67. The Kier molecular flexibility index (Phi) is 4.57. The minimum absolute atomic E-state index is 0.335. The van der Waals surface area contributed by atoms with Gasteiger partial charge in [0.05, 0.1) is 17.2 Å². The molecule has 0 saturated heterocycles. The lowest BCUT2D eigenvalue weighted by atomic mass is 10.1. The summed E-state index contributed by atoms with van der Waals surface area (Å²) in [6.07, 6.45) is 1.84. The van der Waals surface area contributed by atoms with Gasteiger partial charge in [0.25, 0.3) is 0 Å². The SMILES string of the molecule is Cc1nc(-c2ccccc2F)c(/C(=N\C=N)N2CCc3nc(C)sc3C2)[nH]1. The Morgan fingerprint density at radius 2 is 2.15 bits per heavy atom. The van der Waals surface area contributed by atoms with Crippen LogP contribution in [-0.2, 0) is 13.0 Å². The third kappa shape index (κ3) is 3.28. The van der Waals surface area contributed by atoms with Gasteiger partial charge in [-0.3, -0.25) is 5.41 Å². The summed E-state index contributed by atoms with van der Waals surface area (Å²) in [7, 11) is 0. The molecule has 2 N–H and O–H groups in total. The maximum Gasteiger partial charge on any atom is 0.156 e. The molecular weight excluding hydrogens is 363 g/mol. The Hall–Kier alpha value is -2.87. The number of aromatic amines is 1. The average molecular weight is 382 g/mol. The first-order chi connectivity index (χ1) is 13.1. The number of hydrogen-bond donors (Lipinski definition) is 2. The van der Waals surface area contributed by atoms with E-state index in [9.17, 15) is 4.39 Å². The van der Waals surface area contributed by atoms with Crippen molar-refractivity contribution in [3.8, 4) is 11.3 Å². The van der Waals surface area contributed by atoms with Gasteiger partial charge in [0.15, 0.2) is 5.84 Å². The number of aryl methyl sites for hydroxylation is 2. The maximum atomic E-state index is 14.4. The molecule has 27 heavy (non-hydrogen) atoms. The monoisotopic (exact) mass is 382 g/mol. The Morgan fingerprint density at radius 3 is 2.93 bits per heavy atom. The molecule has 1 aliphatic heterocycles. The third-order valence-corrected chi connectivity index (χ3v) is 5.50. The lowest BCUT2D eigenvalue weighted by molar-refractivity contribution is 0.396. The predicted molar refractivity (Wildman–Crippen MR) is 105 cm³/mol. The fourth-order valence-corrected chi connectivity index (χ4v) is 4.37. The number of halogens is 1. The molecule has 0 aliphatic carbocycles. The van der Waals surface area contributed by atoms with Gasteiger partial charge in [-0.2, -0.15) is 0 Å². The molecule has 4 rings (SSSR count). The minimum atomic E-state index is -0.335. The topological polar surface area (TPSA) is 81.0 Å². The van der Waals surface area contributed by atoms with E-state index < -0.39 is 0 Å². The zero-order chi connectivity index (χ0) is 19.0. The van der Waals surface area contributed by atoms with Crippen molar-refractivity contribution in [2.45, 2.75) is 26.8 Å². The summed E-state index contributed by atoms with van der Waals surface area (Å²) in [6.45, 7) is 5.24. The number of aliphatic imine (C=N–C) groups is 1. The van der Waals surface area contributed by atoms with Gasteiger partial charge in [0, 0.05) is 23.4 Å². The van der Waals surface area contributed by atoms with Crippen LogP contribution >= 0.6 is 11.3 Å². The number of aromatic nitrogens is 3. The zero-order valence-electron chi connectivity index (χ0n) is 15.1. The fourth-order valence-electron chi connectivity index (χ4n) is 3.37. The van der Waals surface area contributed by atoms with Gasteiger partial charge in [0.2, 0.25) is 0 Å². The van der Waals surface area contributed by atoms with Crippen molar-refractivity contribution >= 4 is 23.5 Å². The van der Waals surface area contributed by atoms with E-state index in [1.807, 2.05) is 13.8 Å². The van der Waals surface area contributed by atoms with Crippen LogP contribution < -0.4 is 0 Å². The molecule has 8 heteroatoms. The van der Waals surface area contributed by atoms with Gasteiger partial charge in [0.1, 0.15) is 29.4 Å². The Balaban J connectivity index is 1.78. The van der Waals surface area contributed by atoms with Crippen LogP contribution in [0.25, 0.3) is 11.3 Å². The third-order valence-electron chi connectivity index (χ3n) is 4.50. The molecule has 0 unspecified atom stereocenters. The fraction of sp³-hybridized carbons (Fsp3) is 0.263. The van der Waals surface area contributed by atoms with Gasteiger partial charge in [-0.1, -0.05) is 12.1 Å². The van der Waals surface area contributed by atoms with Crippen LogP contribution in [0.1, 0.15) is 27.1 Å². The molecule has 6 nitrogen and oxygen atoms in total. The first-order valence-corrected chi connectivity index (χ1v) is 9.47. The molecule has 0 radical (unpaired) electrons. The van der Waals surface area contributed by atoms with E-state index >= 15 is 0 Å². The number of nitrogens with one attached hydrogen (secondary N) is 2. The minimum Gasteiger partial charge on any atom is -0.349 e. The van der Waals surface area contributed by atoms with Crippen LogP contribution in [0.3, 0.4) is 0 Å². The Morgan fingerprint density at radius 1 is 1.33 bits per heavy atom. The number of thiazole rings is 1. The predicted octanol–water partition coefficient (Wildman–Crippen LogP) is 3.70. The largest absolute Gasteiger partial charge is 0.349 e. The van der Waals surface area contributed by atoms with Gasteiger partial charge in [-0.15, -0.1) is 11.3 Å². The molecule has 1 aliphatic rings. The second kappa shape index (κ2) is 7.03. The average Bonchev–Trinajstić information content (AvgIpc) is 3.21. The highest BCUT2D eigenvalue weighted by Gasteiger charge is 2.27. The molecule has 2 aromatic heterocycles. The molecule has 0 spiro atoms. The molecule has 3 aromatic rings. The number of benzene rings is 1. The lowest BCUT2D eigenvalue weighted by Gasteiger charge is -2.28. The van der Waals surface area contributed by atoms with Gasteiger partial charge in [-0.05, 0) is 26.0 Å². The van der Waals surface area contributed by atoms with Crippen molar-refractivity contribution in [1.82, 2.24) is 19.9 Å². The van der Waals surface area contributed by atoms with Crippen molar-refractivity contribution in [2.75, 3.05) is 6.54 Å². The van der Waals surface area contributed by atoms with Crippen LogP contribution in [0.2, 0.25) is 0 Å². The standard InChI is InChI=1S/C19H19FN6S/c1-11-23-17(13-5-3-4-6-14(13)20)18(24-11)19(22-10-21)26-8-7-15-16(9-26)27-12(2)25-15/h3-6,10,21H,7-9H2,1-2H3,(H,23,24)/b21-10?,22-19+. The first kappa shape index (κ1) is 17.5. The highest BCUT2D eigenvalue weighted by atomic mass is 32.1. The number of H-pyrrole nitrogens is 1. The van der Waals surface area contributed by atoms with Crippen LogP contribution in [-0.4, -0.2) is 38.6 Å². The van der Waals surface area contributed by atoms with E-state index in [2.05, 4.69) is 24.8 Å². The highest BCUT2D eigenvalue weighted by molar-refractivity contribution is 7.11. The summed E-state index contributed by atoms with van der Waals surface area (Å²) in [5, 5.41) is 8.57. The summed E-state index contributed by atoms with van der Waals surface area (Å²) in [6, 6.07) is 6.57. The summed E-state index contributed by atoms with van der Waals surface area (Å²) < 4.78 is 14.4. The number of nitrogens with zero attached hydrogens (tertiary/aromatic N) is 4. The van der Waals surface area contributed by atoms with Crippen molar-refractivity contribution in [3.05, 3.63) is 57.2 Å². The quantitative estimate of drug-likeness (QED) is 0.535. The Bertz CT molecular complexity index is 1030. The lowest BCUT2D eigenvalue weighted by Crippen LogP contribution is -2.36. The zero-order valence-corrected chi connectivity index (χ0v) is 15.9. The van der Waals surface area contributed by atoms with Crippen molar-refractivity contribution < 1.29 is 4.39 Å². The number of rotatable bonds is 3. The smallest absolute Gasteiger partial charge is 0.156 e. The molecule has 0 saturated carbocycles.